The molecule has 1 saturated heterocycles. The second-order valence-electron chi connectivity index (χ2n) is 8.02. The molecule has 0 unspecified atom stereocenters. The SMILES string of the molecule is CCNC(=NCC1(O)CCCCC1)NC1CCN(c2cccc(C)n2)CC1.I. The number of nitrogens with zero attached hydrogens (tertiary/aromatic N) is 3. The van der Waals surface area contributed by atoms with Crippen LogP contribution < -0.4 is 15.5 Å². The van der Waals surface area contributed by atoms with Crippen LogP contribution in [0.4, 0.5) is 5.82 Å². The highest BCUT2D eigenvalue weighted by Gasteiger charge is 2.29. The smallest absolute Gasteiger partial charge is 0.191 e. The first-order chi connectivity index (χ1) is 13.1. The number of piperidine rings is 1. The van der Waals surface area contributed by atoms with E-state index in [-0.39, 0.29) is 24.0 Å². The van der Waals surface area contributed by atoms with Gasteiger partial charge in [0.2, 0.25) is 0 Å². The quantitative estimate of drug-likeness (QED) is 0.328. The molecule has 3 N–H and O–H groups in total. The molecule has 0 spiro atoms. The summed E-state index contributed by atoms with van der Waals surface area (Å²) >= 11 is 0. The molecular weight excluding hydrogens is 465 g/mol. The van der Waals surface area contributed by atoms with Gasteiger partial charge in [0.25, 0.3) is 0 Å². The maximum atomic E-state index is 10.7. The summed E-state index contributed by atoms with van der Waals surface area (Å²) in [6, 6.07) is 6.62. The number of hydrogen-bond donors (Lipinski definition) is 3. The standard InChI is InChI=1S/C21H35N5O.HI/c1-3-22-20(23-16-21(27)12-5-4-6-13-21)25-18-10-14-26(15-11-18)19-9-7-8-17(2)24-19;/h7-9,18,27H,3-6,10-16H2,1-2H3,(H2,22,23,25);1H. The number of aliphatic hydroxyl groups is 1. The van der Waals surface area contributed by atoms with Crippen molar-refractivity contribution in [3.63, 3.8) is 0 Å². The molecule has 3 rings (SSSR count). The number of guanidine groups is 1. The molecule has 2 heterocycles. The Bertz CT molecular complexity index is 625. The maximum absolute atomic E-state index is 10.7. The van der Waals surface area contributed by atoms with E-state index in [1.165, 1.54) is 6.42 Å². The van der Waals surface area contributed by atoms with E-state index in [4.69, 9.17) is 4.99 Å². The Hall–Kier alpha value is -1.09. The summed E-state index contributed by atoms with van der Waals surface area (Å²) in [6.07, 6.45) is 7.33. The van der Waals surface area contributed by atoms with Crippen LogP contribution in [0.25, 0.3) is 0 Å². The molecule has 0 radical (unpaired) electrons. The lowest BCUT2D eigenvalue weighted by atomic mass is 9.85. The van der Waals surface area contributed by atoms with Crippen molar-refractivity contribution in [1.29, 1.82) is 0 Å². The van der Waals surface area contributed by atoms with Crippen molar-refractivity contribution in [2.24, 2.45) is 4.99 Å². The molecule has 1 aromatic heterocycles. The molecule has 1 saturated carbocycles. The molecule has 0 bridgehead atoms. The summed E-state index contributed by atoms with van der Waals surface area (Å²) in [7, 11) is 0. The first kappa shape index (κ1) is 23.2. The summed E-state index contributed by atoms with van der Waals surface area (Å²) < 4.78 is 0. The molecule has 28 heavy (non-hydrogen) atoms. The molecule has 6 nitrogen and oxygen atoms in total. The largest absolute Gasteiger partial charge is 0.388 e. The summed E-state index contributed by atoms with van der Waals surface area (Å²) in [4.78, 5) is 11.7. The van der Waals surface area contributed by atoms with Crippen LogP contribution in [-0.2, 0) is 0 Å². The average Bonchev–Trinajstić information content (AvgIpc) is 2.68. The molecule has 1 aliphatic carbocycles. The minimum absolute atomic E-state index is 0. The van der Waals surface area contributed by atoms with Crippen molar-refractivity contribution < 1.29 is 5.11 Å². The molecule has 2 fully saturated rings. The van der Waals surface area contributed by atoms with Gasteiger partial charge < -0.3 is 20.6 Å². The van der Waals surface area contributed by atoms with E-state index in [2.05, 4.69) is 39.6 Å². The Labute approximate surface area is 186 Å². The van der Waals surface area contributed by atoms with Crippen LogP contribution in [0.1, 0.15) is 57.6 Å². The minimum Gasteiger partial charge on any atom is -0.388 e. The number of aryl methyl sites for hydroxylation is 1. The zero-order valence-corrected chi connectivity index (χ0v) is 19.6. The third-order valence-electron chi connectivity index (χ3n) is 5.69. The minimum atomic E-state index is -0.610. The molecule has 0 aromatic carbocycles. The Morgan fingerprint density at radius 2 is 1.96 bits per heavy atom. The van der Waals surface area contributed by atoms with Crippen LogP contribution in [0.2, 0.25) is 0 Å². The summed E-state index contributed by atoms with van der Waals surface area (Å²) in [6.45, 7) is 7.44. The first-order valence-electron chi connectivity index (χ1n) is 10.5. The highest BCUT2D eigenvalue weighted by Crippen LogP contribution is 2.28. The van der Waals surface area contributed by atoms with E-state index in [1.54, 1.807) is 0 Å². The predicted molar refractivity (Wildman–Crippen MR) is 127 cm³/mol. The van der Waals surface area contributed by atoms with Gasteiger partial charge in [-0.3, -0.25) is 4.99 Å². The third kappa shape index (κ3) is 6.76. The third-order valence-corrected chi connectivity index (χ3v) is 5.69. The van der Waals surface area contributed by atoms with Gasteiger partial charge in [0.15, 0.2) is 5.96 Å². The van der Waals surface area contributed by atoms with Crippen molar-refractivity contribution in [2.45, 2.75) is 70.4 Å². The van der Waals surface area contributed by atoms with Crippen LogP contribution in [0.5, 0.6) is 0 Å². The molecular formula is C21H36IN5O. The molecule has 0 atom stereocenters. The van der Waals surface area contributed by atoms with Gasteiger partial charge in [0.05, 0.1) is 12.1 Å². The normalized spacial score (nSPS) is 20.4. The number of anilines is 1. The van der Waals surface area contributed by atoms with Gasteiger partial charge in [-0.15, -0.1) is 24.0 Å². The molecule has 0 amide bonds. The summed E-state index contributed by atoms with van der Waals surface area (Å²) in [5, 5.41) is 17.6. The van der Waals surface area contributed by atoms with E-state index >= 15 is 0 Å². The molecule has 2 aliphatic rings. The van der Waals surface area contributed by atoms with E-state index in [1.807, 2.05) is 13.0 Å². The van der Waals surface area contributed by atoms with Gasteiger partial charge in [-0.05, 0) is 51.7 Å². The van der Waals surface area contributed by atoms with Crippen LogP contribution >= 0.6 is 24.0 Å². The van der Waals surface area contributed by atoms with Crippen molar-refractivity contribution in [2.75, 3.05) is 31.1 Å². The fourth-order valence-corrected chi connectivity index (χ4v) is 4.07. The van der Waals surface area contributed by atoms with Gasteiger partial charge in [-0.25, -0.2) is 4.98 Å². The number of rotatable bonds is 5. The Kier molecular flexibility index (Phi) is 9.27. The van der Waals surface area contributed by atoms with E-state index < -0.39 is 5.60 Å². The lowest BCUT2D eigenvalue weighted by Crippen LogP contribution is -2.49. The van der Waals surface area contributed by atoms with E-state index in [0.717, 1.165) is 75.6 Å². The fourth-order valence-electron chi connectivity index (χ4n) is 4.07. The van der Waals surface area contributed by atoms with Gasteiger partial charge in [0.1, 0.15) is 5.82 Å². The maximum Gasteiger partial charge on any atom is 0.191 e. The number of aromatic nitrogens is 1. The van der Waals surface area contributed by atoms with Gasteiger partial charge in [0, 0.05) is 31.4 Å². The predicted octanol–water partition coefficient (Wildman–Crippen LogP) is 3.23. The lowest BCUT2D eigenvalue weighted by molar-refractivity contribution is 0.0131. The Morgan fingerprint density at radius 1 is 1.25 bits per heavy atom. The zero-order valence-electron chi connectivity index (χ0n) is 17.3. The first-order valence-corrected chi connectivity index (χ1v) is 10.5. The number of hydrogen-bond acceptors (Lipinski definition) is 4. The molecule has 1 aliphatic heterocycles. The topological polar surface area (TPSA) is 72.8 Å². The monoisotopic (exact) mass is 501 g/mol. The van der Waals surface area contributed by atoms with Crippen LogP contribution in [0.3, 0.4) is 0 Å². The van der Waals surface area contributed by atoms with Gasteiger partial charge in [-0.1, -0.05) is 25.3 Å². The highest BCUT2D eigenvalue weighted by molar-refractivity contribution is 14.0. The molecule has 158 valence electrons. The van der Waals surface area contributed by atoms with Crippen LogP contribution in [-0.4, -0.2) is 53.9 Å². The van der Waals surface area contributed by atoms with E-state index in [9.17, 15) is 5.11 Å². The average molecular weight is 501 g/mol. The summed E-state index contributed by atoms with van der Waals surface area (Å²) in [5.74, 6) is 1.91. The lowest BCUT2D eigenvalue weighted by Gasteiger charge is -2.34. The number of halogens is 1. The highest BCUT2D eigenvalue weighted by atomic mass is 127. The van der Waals surface area contributed by atoms with Crippen LogP contribution in [0, 0.1) is 6.92 Å². The second-order valence-corrected chi connectivity index (χ2v) is 8.02. The number of aliphatic imine (C=N–C) groups is 1. The van der Waals surface area contributed by atoms with Gasteiger partial charge >= 0.3 is 0 Å². The Balaban J connectivity index is 0.00000280. The van der Waals surface area contributed by atoms with Crippen molar-refractivity contribution >= 4 is 35.8 Å². The van der Waals surface area contributed by atoms with Crippen molar-refractivity contribution in [3.8, 4) is 0 Å². The zero-order chi connectivity index (χ0) is 19.1. The molecule has 1 aromatic rings. The van der Waals surface area contributed by atoms with Gasteiger partial charge in [-0.2, -0.15) is 0 Å². The number of pyridine rings is 1. The van der Waals surface area contributed by atoms with Crippen molar-refractivity contribution in [1.82, 2.24) is 15.6 Å². The second kappa shape index (κ2) is 11.2. The van der Waals surface area contributed by atoms with Crippen LogP contribution in [0.15, 0.2) is 23.2 Å². The Morgan fingerprint density at radius 3 is 2.61 bits per heavy atom. The summed E-state index contributed by atoms with van der Waals surface area (Å²) in [5.41, 5.74) is 0.454. The van der Waals surface area contributed by atoms with E-state index in [0.29, 0.717) is 12.6 Å². The fraction of sp³-hybridized carbons (Fsp3) is 0.714. The van der Waals surface area contributed by atoms with Crippen molar-refractivity contribution in [3.05, 3.63) is 23.9 Å². The molecule has 7 heteroatoms. The number of nitrogens with one attached hydrogen (secondary N) is 2.